The summed E-state index contributed by atoms with van der Waals surface area (Å²) in [4.78, 5) is 8.19. The van der Waals surface area contributed by atoms with Gasteiger partial charge in [-0.3, -0.25) is 0 Å². The molecule has 2 heteroatoms. The Labute approximate surface area is 171 Å². The van der Waals surface area contributed by atoms with E-state index in [1.807, 2.05) is 60.7 Å². The first-order valence-electron chi connectivity index (χ1n) is 9.66. The summed E-state index contributed by atoms with van der Waals surface area (Å²) in [6.45, 7) is 0. The molecule has 0 amide bonds. The number of rotatable bonds is 6. The highest BCUT2D eigenvalue weighted by Gasteiger charge is 2.04. The van der Waals surface area contributed by atoms with E-state index in [1.54, 1.807) is 0 Å². The molecule has 3 aromatic carbocycles. The van der Waals surface area contributed by atoms with Crippen LogP contribution in [0.15, 0.2) is 91.0 Å². The second kappa shape index (κ2) is 9.34. The van der Waals surface area contributed by atoms with Gasteiger partial charge in [0, 0.05) is 0 Å². The van der Waals surface area contributed by atoms with E-state index < -0.39 is 0 Å². The van der Waals surface area contributed by atoms with Crippen LogP contribution in [0, 0.1) is 0 Å². The molecular weight excluding hydrogens is 352 g/mol. The van der Waals surface area contributed by atoms with E-state index in [4.69, 9.17) is 4.98 Å². The summed E-state index contributed by atoms with van der Waals surface area (Å²) in [6, 6.07) is 30.8. The van der Waals surface area contributed by atoms with Gasteiger partial charge in [0.05, 0.1) is 11.4 Å². The zero-order valence-corrected chi connectivity index (χ0v) is 16.1. The van der Waals surface area contributed by atoms with Gasteiger partial charge in [-0.15, -0.1) is 0 Å². The molecule has 4 rings (SSSR count). The van der Waals surface area contributed by atoms with Crippen LogP contribution < -0.4 is 0 Å². The molecule has 0 aliphatic heterocycles. The maximum Gasteiger partial charge on any atom is 0.131 e. The first-order chi connectivity index (χ1) is 14.4. The van der Waals surface area contributed by atoms with Gasteiger partial charge in [0.15, 0.2) is 0 Å². The highest BCUT2D eigenvalue weighted by atomic mass is 14.9. The Hall–Kier alpha value is -3.91. The van der Waals surface area contributed by atoms with E-state index in [0.717, 1.165) is 33.9 Å². The SMILES string of the molecule is C(=C\c1nc(/C=C/c2ccccc2)c(/C=C/c2ccccc2)[nH]1)/c1ccccc1. The largest absolute Gasteiger partial charge is 0.338 e. The van der Waals surface area contributed by atoms with Crippen molar-refractivity contribution >= 4 is 36.5 Å². The van der Waals surface area contributed by atoms with Gasteiger partial charge in [0.1, 0.15) is 5.82 Å². The number of aromatic nitrogens is 2. The van der Waals surface area contributed by atoms with Gasteiger partial charge in [0.25, 0.3) is 0 Å². The summed E-state index contributed by atoms with van der Waals surface area (Å²) in [6.07, 6.45) is 12.4. The predicted octanol–water partition coefficient (Wildman–Crippen LogP) is 6.92. The summed E-state index contributed by atoms with van der Waals surface area (Å²) >= 11 is 0. The van der Waals surface area contributed by atoms with Crippen molar-refractivity contribution in [1.82, 2.24) is 9.97 Å². The molecule has 0 spiro atoms. The minimum Gasteiger partial charge on any atom is -0.338 e. The lowest BCUT2D eigenvalue weighted by molar-refractivity contribution is 1.26. The van der Waals surface area contributed by atoms with Crippen LogP contribution in [0.25, 0.3) is 36.5 Å². The molecule has 0 saturated heterocycles. The van der Waals surface area contributed by atoms with Crippen LogP contribution in [-0.4, -0.2) is 9.97 Å². The van der Waals surface area contributed by atoms with E-state index >= 15 is 0 Å². The fraction of sp³-hybridized carbons (Fsp3) is 0. The smallest absolute Gasteiger partial charge is 0.131 e. The van der Waals surface area contributed by atoms with Gasteiger partial charge in [-0.1, -0.05) is 109 Å². The zero-order chi connectivity index (χ0) is 19.7. The molecule has 1 N–H and O–H groups in total. The molecule has 0 bridgehead atoms. The average molecular weight is 374 g/mol. The Morgan fingerprint density at radius 2 is 0.931 bits per heavy atom. The fourth-order valence-electron chi connectivity index (χ4n) is 2.98. The van der Waals surface area contributed by atoms with Gasteiger partial charge in [-0.05, 0) is 34.9 Å². The van der Waals surface area contributed by atoms with Crippen molar-refractivity contribution in [3.8, 4) is 0 Å². The van der Waals surface area contributed by atoms with E-state index in [0.29, 0.717) is 0 Å². The van der Waals surface area contributed by atoms with Crippen molar-refractivity contribution in [1.29, 1.82) is 0 Å². The fourth-order valence-corrected chi connectivity index (χ4v) is 2.98. The quantitative estimate of drug-likeness (QED) is 0.390. The van der Waals surface area contributed by atoms with Crippen molar-refractivity contribution in [2.75, 3.05) is 0 Å². The van der Waals surface area contributed by atoms with Gasteiger partial charge in [0.2, 0.25) is 0 Å². The lowest BCUT2D eigenvalue weighted by Gasteiger charge is -1.94. The van der Waals surface area contributed by atoms with Crippen LogP contribution >= 0.6 is 0 Å². The van der Waals surface area contributed by atoms with E-state index in [2.05, 4.69) is 71.8 Å². The minimum absolute atomic E-state index is 0.828. The highest BCUT2D eigenvalue weighted by molar-refractivity contribution is 5.78. The van der Waals surface area contributed by atoms with E-state index in [-0.39, 0.29) is 0 Å². The number of imidazole rings is 1. The van der Waals surface area contributed by atoms with Crippen LogP contribution in [0.3, 0.4) is 0 Å². The van der Waals surface area contributed by atoms with Gasteiger partial charge >= 0.3 is 0 Å². The molecular formula is C27H22N2. The summed E-state index contributed by atoms with van der Waals surface area (Å²) in [5.41, 5.74) is 5.34. The molecule has 0 saturated carbocycles. The van der Waals surface area contributed by atoms with Gasteiger partial charge in [-0.2, -0.15) is 0 Å². The van der Waals surface area contributed by atoms with Crippen LogP contribution in [0.5, 0.6) is 0 Å². The van der Waals surface area contributed by atoms with Gasteiger partial charge in [-0.25, -0.2) is 4.98 Å². The molecule has 0 aliphatic carbocycles. The molecule has 2 nitrogen and oxygen atoms in total. The molecule has 0 fully saturated rings. The first kappa shape index (κ1) is 18.5. The number of nitrogens with zero attached hydrogens (tertiary/aromatic N) is 1. The van der Waals surface area contributed by atoms with Crippen LogP contribution in [0.4, 0.5) is 0 Å². The molecule has 0 aliphatic rings. The van der Waals surface area contributed by atoms with Crippen molar-refractivity contribution in [3.05, 3.63) is 125 Å². The zero-order valence-electron chi connectivity index (χ0n) is 16.1. The summed E-state index contributed by atoms with van der Waals surface area (Å²) in [7, 11) is 0. The maximum absolute atomic E-state index is 4.77. The Kier molecular flexibility index (Phi) is 5.94. The predicted molar refractivity (Wildman–Crippen MR) is 125 cm³/mol. The number of nitrogens with one attached hydrogen (secondary N) is 1. The Balaban J connectivity index is 1.63. The molecule has 0 unspecified atom stereocenters. The Morgan fingerprint density at radius 1 is 0.483 bits per heavy atom. The third-order valence-electron chi connectivity index (χ3n) is 4.49. The van der Waals surface area contributed by atoms with Crippen LogP contribution in [0.2, 0.25) is 0 Å². The van der Waals surface area contributed by atoms with Crippen molar-refractivity contribution < 1.29 is 0 Å². The molecule has 1 aromatic heterocycles. The summed E-state index contributed by atoms with van der Waals surface area (Å²) in [5, 5.41) is 0. The van der Waals surface area contributed by atoms with Gasteiger partial charge < -0.3 is 4.98 Å². The molecule has 0 radical (unpaired) electrons. The van der Waals surface area contributed by atoms with E-state index in [9.17, 15) is 0 Å². The molecule has 4 aromatic rings. The normalized spacial score (nSPS) is 11.7. The Morgan fingerprint density at radius 3 is 1.45 bits per heavy atom. The van der Waals surface area contributed by atoms with Crippen LogP contribution in [-0.2, 0) is 0 Å². The highest BCUT2D eigenvalue weighted by Crippen LogP contribution is 2.16. The second-order valence-corrected chi connectivity index (χ2v) is 6.65. The number of benzene rings is 3. The van der Waals surface area contributed by atoms with Crippen molar-refractivity contribution in [2.24, 2.45) is 0 Å². The third-order valence-corrected chi connectivity index (χ3v) is 4.49. The number of aromatic amines is 1. The lowest BCUT2D eigenvalue weighted by atomic mass is 10.1. The topological polar surface area (TPSA) is 28.7 Å². The maximum atomic E-state index is 4.77. The average Bonchev–Trinajstić information content (AvgIpc) is 3.19. The minimum atomic E-state index is 0.828. The molecule has 0 atom stereocenters. The lowest BCUT2D eigenvalue weighted by Crippen LogP contribution is -1.78. The Bertz CT molecular complexity index is 1050. The third kappa shape index (κ3) is 5.30. The number of hydrogen-bond donors (Lipinski definition) is 1. The second-order valence-electron chi connectivity index (χ2n) is 6.65. The van der Waals surface area contributed by atoms with E-state index in [1.165, 1.54) is 0 Å². The standard InChI is InChI=1S/C27H22N2/c1-4-10-22(11-5-1)16-19-25-26(20-17-23-12-6-2-7-13-23)29-27(28-25)21-18-24-14-8-3-9-15-24/h1-21H,(H,28,29)/b19-16+,20-17+,21-18+. The van der Waals surface area contributed by atoms with Crippen molar-refractivity contribution in [2.45, 2.75) is 0 Å². The van der Waals surface area contributed by atoms with Crippen LogP contribution in [0.1, 0.15) is 33.9 Å². The molecule has 140 valence electrons. The first-order valence-corrected chi connectivity index (χ1v) is 9.66. The molecule has 1 heterocycles. The number of hydrogen-bond acceptors (Lipinski definition) is 1. The molecule has 29 heavy (non-hydrogen) atoms. The monoisotopic (exact) mass is 374 g/mol. The summed E-state index contributed by atoms with van der Waals surface area (Å²) in [5.74, 6) is 0.828. The summed E-state index contributed by atoms with van der Waals surface area (Å²) < 4.78 is 0. The van der Waals surface area contributed by atoms with Crippen molar-refractivity contribution in [3.63, 3.8) is 0 Å². The number of H-pyrrole nitrogens is 1.